The van der Waals surface area contributed by atoms with E-state index < -0.39 is 11.3 Å². The van der Waals surface area contributed by atoms with Crippen molar-refractivity contribution in [3.8, 4) is 0 Å². The first kappa shape index (κ1) is 14.2. The van der Waals surface area contributed by atoms with Crippen LogP contribution < -0.4 is 4.90 Å². The van der Waals surface area contributed by atoms with Crippen LogP contribution in [0.25, 0.3) is 0 Å². The highest BCUT2D eigenvalue weighted by atomic mass is 19.3. The van der Waals surface area contributed by atoms with Crippen LogP contribution in [-0.2, 0) is 0 Å². The Morgan fingerprint density at radius 3 is 2.43 bits per heavy atom. The van der Waals surface area contributed by atoms with Crippen molar-refractivity contribution < 1.29 is 18.8 Å². The molecule has 21 heavy (non-hydrogen) atoms. The van der Waals surface area contributed by atoms with Gasteiger partial charge in [-0.3, -0.25) is 10.1 Å². The lowest BCUT2D eigenvalue weighted by molar-refractivity contribution is -0.385. The van der Waals surface area contributed by atoms with Crippen LogP contribution in [-0.4, -0.2) is 28.2 Å². The number of nitro groups is 1. The number of fused-ring (bicyclic) bond motifs is 2. The highest BCUT2D eigenvalue weighted by Crippen LogP contribution is 2.43. The summed E-state index contributed by atoms with van der Waals surface area (Å²) in [4.78, 5) is 12.0. The smallest absolute Gasteiger partial charge is 0.270 e. The van der Waals surface area contributed by atoms with E-state index in [1.54, 1.807) is 0 Å². The molecule has 7 heteroatoms. The van der Waals surface area contributed by atoms with E-state index in [-0.39, 0.29) is 29.4 Å². The predicted molar refractivity (Wildman–Crippen MR) is 72.6 cm³/mol. The zero-order valence-corrected chi connectivity index (χ0v) is 11.3. The number of hydrogen-bond acceptors (Lipinski definition) is 4. The van der Waals surface area contributed by atoms with Crippen molar-refractivity contribution in [3.63, 3.8) is 0 Å². The van der Waals surface area contributed by atoms with E-state index in [0.29, 0.717) is 18.5 Å². The summed E-state index contributed by atoms with van der Waals surface area (Å²) in [5.74, 6) is 0. The minimum atomic E-state index is -2.76. The van der Waals surface area contributed by atoms with Gasteiger partial charge in [0.1, 0.15) is 0 Å². The lowest BCUT2D eigenvalue weighted by Crippen LogP contribution is -2.45. The van der Waals surface area contributed by atoms with Crippen molar-refractivity contribution in [2.24, 2.45) is 0 Å². The summed E-state index contributed by atoms with van der Waals surface area (Å²) in [6.07, 6.45) is -0.285. The molecule has 2 unspecified atom stereocenters. The van der Waals surface area contributed by atoms with Crippen molar-refractivity contribution in [3.05, 3.63) is 33.9 Å². The molecule has 114 valence electrons. The van der Waals surface area contributed by atoms with Crippen LogP contribution in [0.15, 0.2) is 18.2 Å². The second-order valence-electron chi connectivity index (χ2n) is 5.72. The van der Waals surface area contributed by atoms with Crippen molar-refractivity contribution in [2.45, 2.75) is 50.3 Å². The van der Waals surface area contributed by atoms with Crippen LogP contribution in [0.1, 0.15) is 37.7 Å². The Kier molecular flexibility index (Phi) is 3.52. The molecular weight excluding hydrogens is 282 g/mol. The number of nitro benzene ring substituents is 1. The molecule has 0 aliphatic carbocycles. The largest absolute Gasteiger partial charge is 0.393 e. The zero-order chi connectivity index (χ0) is 15.1. The number of aliphatic hydroxyl groups is 1. The molecule has 0 saturated carbocycles. The summed E-state index contributed by atoms with van der Waals surface area (Å²) in [6.45, 7) is 0. The molecule has 0 aromatic heterocycles. The molecule has 3 rings (SSSR count). The second kappa shape index (κ2) is 5.22. The van der Waals surface area contributed by atoms with E-state index in [1.165, 1.54) is 12.1 Å². The van der Waals surface area contributed by atoms with Gasteiger partial charge in [-0.15, -0.1) is 0 Å². The standard InChI is InChI=1S/C14H16F2N2O3/c15-14(16)12-7-10(18(20)21)3-4-13(12)17-8-1-2-9(17)6-11(19)5-8/h3-4,7-9,11,14,19H,1-2,5-6H2. The molecule has 2 heterocycles. The van der Waals surface area contributed by atoms with Crippen molar-refractivity contribution >= 4 is 11.4 Å². The molecule has 0 radical (unpaired) electrons. The maximum atomic E-state index is 13.3. The quantitative estimate of drug-likeness (QED) is 0.688. The molecule has 2 fully saturated rings. The number of hydrogen-bond donors (Lipinski definition) is 1. The van der Waals surface area contributed by atoms with Gasteiger partial charge < -0.3 is 10.0 Å². The van der Waals surface area contributed by atoms with Crippen LogP contribution in [0.4, 0.5) is 20.2 Å². The highest BCUT2D eigenvalue weighted by molar-refractivity contribution is 5.61. The Morgan fingerprint density at radius 2 is 1.90 bits per heavy atom. The lowest BCUT2D eigenvalue weighted by Gasteiger charge is -2.39. The van der Waals surface area contributed by atoms with E-state index in [2.05, 4.69) is 0 Å². The van der Waals surface area contributed by atoms with Gasteiger partial charge in [0.2, 0.25) is 0 Å². The molecular formula is C14H16F2N2O3. The third kappa shape index (κ3) is 2.46. The maximum Gasteiger partial charge on any atom is 0.270 e. The molecule has 0 amide bonds. The van der Waals surface area contributed by atoms with Gasteiger partial charge in [-0.1, -0.05) is 0 Å². The molecule has 2 bridgehead atoms. The lowest BCUT2D eigenvalue weighted by atomic mass is 9.97. The van der Waals surface area contributed by atoms with Gasteiger partial charge in [0.25, 0.3) is 12.1 Å². The summed E-state index contributed by atoms with van der Waals surface area (Å²) in [5.41, 5.74) is -0.245. The number of anilines is 1. The molecule has 1 aromatic rings. The normalized spacial score (nSPS) is 28.2. The van der Waals surface area contributed by atoms with Crippen molar-refractivity contribution in [1.29, 1.82) is 0 Å². The van der Waals surface area contributed by atoms with E-state index >= 15 is 0 Å². The Morgan fingerprint density at radius 1 is 1.29 bits per heavy atom. The fraction of sp³-hybridized carbons (Fsp3) is 0.571. The third-order valence-electron chi connectivity index (χ3n) is 4.44. The topological polar surface area (TPSA) is 66.6 Å². The predicted octanol–water partition coefficient (Wildman–Crippen LogP) is 3.02. The Hall–Kier alpha value is -1.76. The average molecular weight is 298 g/mol. The zero-order valence-electron chi connectivity index (χ0n) is 11.3. The molecule has 2 saturated heterocycles. The Balaban J connectivity index is 2.00. The number of alkyl halides is 2. The molecule has 1 N–H and O–H groups in total. The van der Waals surface area contributed by atoms with Gasteiger partial charge in [0.15, 0.2) is 0 Å². The highest BCUT2D eigenvalue weighted by Gasteiger charge is 2.41. The number of rotatable bonds is 3. The van der Waals surface area contributed by atoms with Crippen molar-refractivity contribution in [1.82, 2.24) is 0 Å². The first-order chi connectivity index (χ1) is 9.97. The van der Waals surface area contributed by atoms with Crippen LogP contribution in [0, 0.1) is 10.1 Å². The molecule has 2 aliphatic rings. The number of benzene rings is 1. The van der Waals surface area contributed by atoms with Gasteiger partial charge in [0.05, 0.1) is 11.0 Å². The minimum Gasteiger partial charge on any atom is -0.393 e. The van der Waals surface area contributed by atoms with Crippen LogP contribution >= 0.6 is 0 Å². The number of non-ortho nitro benzene ring substituents is 1. The van der Waals surface area contributed by atoms with Crippen LogP contribution in [0.5, 0.6) is 0 Å². The first-order valence-corrected chi connectivity index (χ1v) is 7.00. The molecule has 2 atom stereocenters. The molecule has 5 nitrogen and oxygen atoms in total. The van der Waals surface area contributed by atoms with E-state index in [4.69, 9.17) is 0 Å². The Labute approximate surface area is 120 Å². The van der Waals surface area contributed by atoms with E-state index in [9.17, 15) is 24.0 Å². The number of halogens is 2. The monoisotopic (exact) mass is 298 g/mol. The van der Waals surface area contributed by atoms with E-state index in [0.717, 1.165) is 18.9 Å². The summed E-state index contributed by atoms with van der Waals surface area (Å²) in [5, 5.41) is 20.5. The SMILES string of the molecule is O=[N+]([O-])c1ccc(N2C3CCC2CC(O)C3)c(C(F)F)c1. The summed E-state index contributed by atoms with van der Waals surface area (Å²) in [7, 11) is 0. The van der Waals surface area contributed by atoms with Gasteiger partial charge >= 0.3 is 0 Å². The first-order valence-electron chi connectivity index (χ1n) is 7.00. The number of nitrogens with zero attached hydrogens (tertiary/aromatic N) is 2. The summed E-state index contributed by atoms with van der Waals surface area (Å²) < 4.78 is 26.6. The molecule has 2 aliphatic heterocycles. The van der Waals surface area contributed by atoms with Gasteiger partial charge in [-0.2, -0.15) is 0 Å². The van der Waals surface area contributed by atoms with E-state index in [1.807, 2.05) is 4.90 Å². The minimum absolute atomic E-state index is 0.0395. The fourth-order valence-corrected chi connectivity index (χ4v) is 3.61. The van der Waals surface area contributed by atoms with Crippen LogP contribution in [0.2, 0.25) is 0 Å². The molecule has 1 aromatic carbocycles. The van der Waals surface area contributed by atoms with Crippen LogP contribution in [0.3, 0.4) is 0 Å². The summed E-state index contributed by atoms with van der Waals surface area (Å²) >= 11 is 0. The average Bonchev–Trinajstić information content (AvgIpc) is 2.69. The maximum absolute atomic E-state index is 13.3. The van der Waals surface area contributed by atoms with Gasteiger partial charge in [-0.25, -0.2) is 8.78 Å². The van der Waals surface area contributed by atoms with Crippen molar-refractivity contribution in [2.75, 3.05) is 4.90 Å². The number of aliphatic hydroxyl groups excluding tert-OH is 1. The third-order valence-corrected chi connectivity index (χ3v) is 4.44. The number of piperidine rings is 1. The molecule has 0 spiro atoms. The Bertz CT molecular complexity index is 553. The van der Waals surface area contributed by atoms with Gasteiger partial charge in [0, 0.05) is 35.5 Å². The van der Waals surface area contributed by atoms with Gasteiger partial charge in [-0.05, 0) is 31.7 Å². The summed E-state index contributed by atoms with van der Waals surface area (Å²) in [6, 6.07) is 3.73. The fourth-order valence-electron chi connectivity index (χ4n) is 3.61. The second-order valence-corrected chi connectivity index (χ2v) is 5.72.